The van der Waals surface area contributed by atoms with Gasteiger partial charge in [-0.25, -0.2) is 4.39 Å². The van der Waals surface area contributed by atoms with Crippen molar-refractivity contribution in [1.29, 1.82) is 0 Å². The number of amides is 2. The molecule has 0 aromatic heterocycles. The molecule has 1 fully saturated rings. The molecular weight excluding hydrogens is 369 g/mol. The lowest BCUT2D eigenvalue weighted by atomic mass is 10.0. The van der Waals surface area contributed by atoms with Gasteiger partial charge in [-0.2, -0.15) is 0 Å². The molecule has 2 aromatic rings. The second-order valence-electron chi connectivity index (χ2n) is 6.45. The van der Waals surface area contributed by atoms with E-state index in [0.717, 1.165) is 5.56 Å². The van der Waals surface area contributed by atoms with Crippen LogP contribution in [0.2, 0.25) is 5.02 Å². The second-order valence-corrected chi connectivity index (χ2v) is 6.88. The number of carbonyl (C=O) groups excluding carboxylic acids is 2. The molecule has 142 valence electrons. The predicted molar refractivity (Wildman–Crippen MR) is 102 cm³/mol. The summed E-state index contributed by atoms with van der Waals surface area (Å²) in [4.78, 5) is 26.5. The molecule has 0 spiro atoms. The highest BCUT2D eigenvalue weighted by Crippen LogP contribution is 2.24. The molecule has 1 heterocycles. The molecule has 2 N–H and O–H groups in total. The second kappa shape index (κ2) is 8.97. The van der Waals surface area contributed by atoms with Crippen molar-refractivity contribution in [2.24, 2.45) is 0 Å². The quantitative estimate of drug-likeness (QED) is 0.825. The minimum atomic E-state index is -0.387. The number of carbonyl (C=O) groups is 2. The van der Waals surface area contributed by atoms with Gasteiger partial charge in [-0.05, 0) is 35.4 Å². The van der Waals surface area contributed by atoms with Crippen LogP contribution in [0.15, 0.2) is 48.5 Å². The van der Waals surface area contributed by atoms with Crippen molar-refractivity contribution >= 4 is 23.4 Å². The van der Waals surface area contributed by atoms with E-state index in [0.29, 0.717) is 30.2 Å². The first kappa shape index (κ1) is 19.3. The van der Waals surface area contributed by atoms with Gasteiger partial charge in [0.1, 0.15) is 5.82 Å². The summed E-state index contributed by atoms with van der Waals surface area (Å²) in [6.07, 6.45) is 0.0321. The van der Waals surface area contributed by atoms with E-state index >= 15 is 0 Å². The first-order valence-electron chi connectivity index (χ1n) is 8.80. The van der Waals surface area contributed by atoms with Crippen molar-refractivity contribution in [3.05, 3.63) is 70.5 Å². The average molecular weight is 390 g/mol. The number of nitrogens with zero attached hydrogens (tertiary/aromatic N) is 1. The van der Waals surface area contributed by atoms with E-state index in [1.165, 1.54) is 12.1 Å². The Bertz CT molecular complexity index is 830. The van der Waals surface area contributed by atoms with Gasteiger partial charge < -0.3 is 15.5 Å². The maximum atomic E-state index is 13.2. The van der Waals surface area contributed by atoms with Crippen LogP contribution in [0.1, 0.15) is 17.2 Å². The third-order valence-corrected chi connectivity index (χ3v) is 4.72. The highest BCUT2D eigenvalue weighted by molar-refractivity contribution is 6.30. The van der Waals surface area contributed by atoms with Crippen LogP contribution < -0.4 is 10.6 Å². The van der Waals surface area contributed by atoms with Crippen LogP contribution in [0.25, 0.3) is 0 Å². The van der Waals surface area contributed by atoms with Crippen LogP contribution in [0.3, 0.4) is 0 Å². The Morgan fingerprint density at radius 2 is 2.04 bits per heavy atom. The van der Waals surface area contributed by atoms with E-state index in [4.69, 9.17) is 11.6 Å². The molecule has 1 aliphatic heterocycles. The maximum Gasteiger partial charge on any atom is 0.242 e. The lowest BCUT2D eigenvalue weighted by molar-refractivity contribution is -0.135. The number of nitrogens with one attached hydrogen (secondary N) is 2. The van der Waals surface area contributed by atoms with E-state index < -0.39 is 0 Å². The normalized spacial score (nSPS) is 16.8. The zero-order valence-electron chi connectivity index (χ0n) is 14.8. The number of hydrogen-bond acceptors (Lipinski definition) is 3. The molecule has 1 unspecified atom stereocenters. The van der Waals surface area contributed by atoms with Gasteiger partial charge in [0.25, 0.3) is 0 Å². The van der Waals surface area contributed by atoms with Crippen molar-refractivity contribution in [2.75, 3.05) is 26.2 Å². The third-order valence-electron chi connectivity index (χ3n) is 4.49. The molecule has 0 saturated carbocycles. The van der Waals surface area contributed by atoms with Crippen LogP contribution in [-0.2, 0) is 16.0 Å². The standard InChI is InChI=1S/C20H21ClFN3O2/c21-16-5-2-4-15(11-16)18-12-23-7-8-25(18)20(27)13-24-19(26)10-14-3-1-6-17(22)9-14/h1-6,9,11,18,23H,7-8,10,12-13H2,(H,24,26). The summed E-state index contributed by atoms with van der Waals surface area (Å²) >= 11 is 6.07. The maximum absolute atomic E-state index is 13.2. The summed E-state index contributed by atoms with van der Waals surface area (Å²) in [5.41, 5.74) is 1.52. The first-order valence-corrected chi connectivity index (χ1v) is 9.17. The van der Waals surface area contributed by atoms with Crippen LogP contribution in [0.4, 0.5) is 4.39 Å². The van der Waals surface area contributed by atoms with Crippen molar-refractivity contribution in [3.8, 4) is 0 Å². The van der Waals surface area contributed by atoms with Gasteiger partial charge in [-0.3, -0.25) is 9.59 Å². The van der Waals surface area contributed by atoms with Gasteiger partial charge >= 0.3 is 0 Å². The topological polar surface area (TPSA) is 61.4 Å². The minimum absolute atomic E-state index is 0.0321. The predicted octanol–water partition coefficient (Wildman–Crippen LogP) is 2.31. The molecule has 5 nitrogen and oxygen atoms in total. The first-order chi connectivity index (χ1) is 13.0. The van der Waals surface area contributed by atoms with Crippen LogP contribution in [0, 0.1) is 5.82 Å². The molecular formula is C20H21ClFN3O2. The van der Waals surface area contributed by atoms with Crippen molar-refractivity contribution < 1.29 is 14.0 Å². The monoisotopic (exact) mass is 389 g/mol. The van der Waals surface area contributed by atoms with Crippen molar-refractivity contribution in [2.45, 2.75) is 12.5 Å². The highest BCUT2D eigenvalue weighted by Gasteiger charge is 2.28. The molecule has 2 aromatic carbocycles. The SMILES string of the molecule is O=C(Cc1cccc(F)c1)NCC(=O)N1CCNCC1c1cccc(Cl)c1. The summed E-state index contributed by atoms with van der Waals surface area (Å²) in [5.74, 6) is -0.862. The summed E-state index contributed by atoms with van der Waals surface area (Å²) < 4.78 is 13.2. The summed E-state index contributed by atoms with van der Waals surface area (Å²) in [6.45, 7) is 1.78. The third kappa shape index (κ3) is 5.28. The van der Waals surface area contributed by atoms with Crippen molar-refractivity contribution in [1.82, 2.24) is 15.5 Å². The molecule has 1 atom stereocenters. The number of hydrogen-bond donors (Lipinski definition) is 2. The van der Waals surface area contributed by atoms with Gasteiger partial charge in [-0.1, -0.05) is 35.9 Å². The zero-order valence-corrected chi connectivity index (χ0v) is 15.5. The van der Waals surface area contributed by atoms with Gasteiger partial charge in [-0.15, -0.1) is 0 Å². The Morgan fingerprint density at radius 3 is 2.81 bits per heavy atom. The Morgan fingerprint density at radius 1 is 1.22 bits per heavy atom. The van der Waals surface area contributed by atoms with Crippen molar-refractivity contribution in [3.63, 3.8) is 0 Å². The van der Waals surface area contributed by atoms with Gasteiger partial charge in [0.05, 0.1) is 19.0 Å². The molecule has 0 radical (unpaired) electrons. The molecule has 1 aliphatic rings. The Labute approximate surface area is 162 Å². The van der Waals surface area contributed by atoms with Crippen LogP contribution in [-0.4, -0.2) is 42.9 Å². The van der Waals surface area contributed by atoms with Crippen LogP contribution >= 0.6 is 11.6 Å². The number of rotatable bonds is 5. The highest BCUT2D eigenvalue weighted by atomic mass is 35.5. The van der Waals surface area contributed by atoms with E-state index in [9.17, 15) is 14.0 Å². The Hall–Kier alpha value is -2.44. The Kier molecular flexibility index (Phi) is 6.42. The van der Waals surface area contributed by atoms with E-state index in [2.05, 4.69) is 10.6 Å². The number of piperazine rings is 1. The minimum Gasteiger partial charge on any atom is -0.347 e. The van der Waals surface area contributed by atoms with E-state index in [-0.39, 0.29) is 36.6 Å². The van der Waals surface area contributed by atoms with Gasteiger partial charge in [0.2, 0.25) is 11.8 Å². The fourth-order valence-corrected chi connectivity index (χ4v) is 3.38. The van der Waals surface area contributed by atoms with E-state index in [1.807, 2.05) is 18.2 Å². The summed E-state index contributed by atoms with van der Waals surface area (Å²) in [6, 6.07) is 13.2. The molecule has 7 heteroatoms. The summed E-state index contributed by atoms with van der Waals surface area (Å²) in [5, 5.41) is 6.53. The molecule has 27 heavy (non-hydrogen) atoms. The molecule has 3 rings (SSSR count). The summed E-state index contributed by atoms with van der Waals surface area (Å²) in [7, 11) is 0. The largest absolute Gasteiger partial charge is 0.347 e. The zero-order chi connectivity index (χ0) is 19.2. The molecule has 0 bridgehead atoms. The number of halogens is 2. The van der Waals surface area contributed by atoms with E-state index in [1.54, 1.807) is 23.1 Å². The van der Waals surface area contributed by atoms with Gasteiger partial charge in [0, 0.05) is 24.7 Å². The fraction of sp³-hybridized carbons (Fsp3) is 0.300. The molecule has 1 saturated heterocycles. The smallest absolute Gasteiger partial charge is 0.242 e. The lowest BCUT2D eigenvalue weighted by Crippen LogP contribution is -2.51. The Balaban J connectivity index is 1.59. The fourth-order valence-electron chi connectivity index (χ4n) is 3.19. The molecule has 2 amide bonds. The van der Waals surface area contributed by atoms with Crippen LogP contribution in [0.5, 0.6) is 0 Å². The molecule has 0 aliphatic carbocycles. The average Bonchev–Trinajstić information content (AvgIpc) is 2.66. The number of benzene rings is 2. The lowest BCUT2D eigenvalue weighted by Gasteiger charge is -2.36. The van der Waals surface area contributed by atoms with Gasteiger partial charge in [0.15, 0.2) is 0 Å².